The molecule has 0 aliphatic rings. The van der Waals surface area contributed by atoms with Gasteiger partial charge in [-0.1, -0.05) is 12.1 Å². The van der Waals surface area contributed by atoms with Crippen molar-refractivity contribution in [1.82, 2.24) is 10.2 Å². The van der Waals surface area contributed by atoms with E-state index in [1.807, 2.05) is 31.2 Å². The summed E-state index contributed by atoms with van der Waals surface area (Å²) in [6.45, 7) is 1.88. The van der Waals surface area contributed by atoms with Gasteiger partial charge in [0.1, 0.15) is 17.3 Å². The van der Waals surface area contributed by atoms with Crippen LogP contribution in [0.3, 0.4) is 0 Å². The second-order valence-electron chi connectivity index (χ2n) is 5.58. The molecule has 1 aromatic heterocycles. The first-order chi connectivity index (χ1) is 12.0. The van der Waals surface area contributed by atoms with Crippen molar-refractivity contribution in [1.29, 1.82) is 5.26 Å². The zero-order chi connectivity index (χ0) is 17.8. The van der Waals surface area contributed by atoms with Gasteiger partial charge in [-0.15, -0.1) is 0 Å². The van der Waals surface area contributed by atoms with Gasteiger partial charge >= 0.3 is 0 Å². The molecule has 25 heavy (non-hydrogen) atoms. The van der Waals surface area contributed by atoms with Crippen LogP contribution in [0.1, 0.15) is 22.4 Å². The number of hydrogen-bond donors (Lipinski definition) is 1. The number of halogens is 1. The Bertz CT molecular complexity index is 1000. The molecule has 0 unspecified atom stereocenters. The monoisotopic (exact) mass is 335 g/mol. The molecular weight excluding hydrogens is 321 g/mol. The van der Waals surface area contributed by atoms with Crippen molar-refractivity contribution in [3.05, 3.63) is 87.1 Å². The third kappa shape index (κ3) is 4.09. The number of rotatable bonds is 4. The Morgan fingerprint density at radius 2 is 2.04 bits per heavy atom. The highest BCUT2D eigenvalue weighted by Crippen LogP contribution is 2.28. The summed E-state index contributed by atoms with van der Waals surface area (Å²) in [5.41, 5.74) is 2.46. The van der Waals surface area contributed by atoms with Gasteiger partial charge in [0.25, 0.3) is 5.56 Å². The summed E-state index contributed by atoms with van der Waals surface area (Å²) in [6.07, 6.45) is 0.514. The summed E-state index contributed by atoms with van der Waals surface area (Å²) in [7, 11) is 0. The molecule has 0 fully saturated rings. The predicted molar refractivity (Wildman–Crippen MR) is 90.0 cm³/mol. The van der Waals surface area contributed by atoms with Crippen molar-refractivity contribution in [3.63, 3.8) is 0 Å². The molecule has 1 heterocycles. The largest absolute Gasteiger partial charge is 0.457 e. The number of H-pyrrole nitrogens is 1. The molecule has 0 radical (unpaired) electrons. The standard InChI is InChI=1S/C19H14FN3O2/c1-12-2-3-13(7-16-4-5-19(24)23-22-16)9-18(12)25-17-8-14(11-21)6-15(20)10-17/h2-6,8-10H,7H2,1H3,(H,23,24). The zero-order valence-corrected chi connectivity index (χ0v) is 13.4. The van der Waals surface area contributed by atoms with Crippen LogP contribution in [0.2, 0.25) is 0 Å². The van der Waals surface area contributed by atoms with E-state index in [4.69, 9.17) is 10.00 Å². The molecule has 0 bridgehead atoms. The molecule has 0 aliphatic heterocycles. The first-order valence-electron chi connectivity index (χ1n) is 7.56. The first-order valence-corrected chi connectivity index (χ1v) is 7.56. The number of aryl methyl sites for hydroxylation is 1. The van der Waals surface area contributed by atoms with E-state index in [9.17, 15) is 9.18 Å². The maximum Gasteiger partial charge on any atom is 0.264 e. The van der Waals surface area contributed by atoms with Crippen LogP contribution in [-0.4, -0.2) is 10.2 Å². The normalized spacial score (nSPS) is 10.3. The first kappa shape index (κ1) is 16.4. The minimum Gasteiger partial charge on any atom is -0.457 e. The Morgan fingerprint density at radius 1 is 1.20 bits per heavy atom. The Morgan fingerprint density at radius 3 is 2.76 bits per heavy atom. The maximum absolute atomic E-state index is 13.5. The van der Waals surface area contributed by atoms with Crippen LogP contribution in [0.5, 0.6) is 11.5 Å². The van der Waals surface area contributed by atoms with Gasteiger partial charge in [0.05, 0.1) is 17.3 Å². The molecule has 1 N–H and O–H groups in total. The van der Waals surface area contributed by atoms with E-state index in [-0.39, 0.29) is 16.9 Å². The number of aromatic amines is 1. The second kappa shape index (κ2) is 6.97. The molecule has 0 saturated heterocycles. The summed E-state index contributed by atoms with van der Waals surface area (Å²) < 4.78 is 19.3. The maximum atomic E-state index is 13.5. The van der Waals surface area contributed by atoms with Gasteiger partial charge in [0, 0.05) is 18.6 Å². The molecule has 0 saturated carbocycles. The summed E-state index contributed by atoms with van der Waals surface area (Å²) >= 11 is 0. The van der Waals surface area contributed by atoms with Crippen LogP contribution < -0.4 is 10.3 Å². The Hall–Kier alpha value is -3.46. The van der Waals surface area contributed by atoms with Crippen LogP contribution in [0, 0.1) is 24.1 Å². The van der Waals surface area contributed by atoms with E-state index >= 15 is 0 Å². The lowest BCUT2D eigenvalue weighted by Crippen LogP contribution is -2.07. The van der Waals surface area contributed by atoms with Gasteiger partial charge in [-0.05, 0) is 42.3 Å². The minimum absolute atomic E-state index is 0.196. The summed E-state index contributed by atoms with van der Waals surface area (Å²) in [5, 5.41) is 15.3. The minimum atomic E-state index is -0.528. The van der Waals surface area contributed by atoms with E-state index in [2.05, 4.69) is 10.2 Å². The fourth-order valence-electron chi connectivity index (χ4n) is 2.36. The van der Waals surface area contributed by atoms with Crippen molar-refractivity contribution < 1.29 is 9.13 Å². The molecule has 6 heteroatoms. The van der Waals surface area contributed by atoms with Gasteiger partial charge in [-0.3, -0.25) is 4.79 Å². The smallest absolute Gasteiger partial charge is 0.264 e. The fourth-order valence-corrected chi connectivity index (χ4v) is 2.36. The lowest BCUT2D eigenvalue weighted by Gasteiger charge is -2.11. The van der Waals surface area contributed by atoms with E-state index in [1.54, 1.807) is 6.07 Å². The van der Waals surface area contributed by atoms with Crippen LogP contribution in [0.4, 0.5) is 4.39 Å². The highest BCUT2D eigenvalue weighted by atomic mass is 19.1. The van der Waals surface area contributed by atoms with Crippen molar-refractivity contribution in [2.24, 2.45) is 0 Å². The highest BCUT2D eigenvalue weighted by Gasteiger charge is 2.07. The number of nitriles is 1. The molecule has 3 aromatic rings. The molecule has 3 rings (SSSR count). The topological polar surface area (TPSA) is 78.8 Å². The lowest BCUT2D eigenvalue weighted by molar-refractivity contribution is 0.472. The molecule has 0 spiro atoms. The number of nitrogens with one attached hydrogen (secondary N) is 1. The van der Waals surface area contributed by atoms with E-state index in [0.29, 0.717) is 17.9 Å². The average molecular weight is 335 g/mol. The van der Waals surface area contributed by atoms with Gasteiger partial charge in [-0.2, -0.15) is 10.4 Å². The molecule has 5 nitrogen and oxygen atoms in total. The van der Waals surface area contributed by atoms with Crippen molar-refractivity contribution in [2.45, 2.75) is 13.3 Å². The second-order valence-corrected chi connectivity index (χ2v) is 5.58. The number of benzene rings is 2. The van der Waals surface area contributed by atoms with E-state index in [1.165, 1.54) is 18.2 Å². The Balaban J connectivity index is 1.87. The number of nitrogens with zero attached hydrogens (tertiary/aromatic N) is 2. The average Bonchev–Trinajstić information content (AvgIpc) is 2.59. The molecule has 0 atom stereocenters. The Labute approximate surface area is 143 Å². The fraction of sp³-hybridized carbons (Fsp3) is 0.105. The molecule has 0 aliphatic carbocycles. The van der Waals surface area contributed by atoms with Crippen molar-refractivity contribution >= 4 is 0 Å². The van der Waals surface area contributed by atoms with Gasteiger partial charge in [0.2, 0.25) is 0 Å². The number of hydrogen-bond acceptors (Lipinski definition) is 4. The summed E-state index contributed by atoms with van der Waals surface area (Å²) in [6, 6.07) is 14.5. The summed E-state index contributed by atoms with van der Waals surface area (Å²) in [4.78, 5) is 11.1. The predicted octanol–water partition coefficient (Wildman–Crippen LogP) is 3.47. The van der Waals surface area contributed by atoms with Crippen LogP contribution in [0.15, 0.2) is 53.3 Å². The van der Waals surface area contributed by atoms with Crippen molar-refractivity contribution in [2.75, 3.05) is 0 Å². The van der Waals surface area contributed by atoms with Gasteiger partial charge < -0.3 is 4.74 Å². The summed E-state index contributed by atoms with van der Waals surface area (Å²) in [5.74, 6) is 0.302. The van der Waals surface area contributed by atoms with Crippen LogP contribution in [0.25, 0.3) is 0 Å². The van der Waals surface area contributed by atoms with Gasteiger partial charge in [-0.25, -0.2) is 9.49 Å². The zero-order valence-electron chi connectivity index (χ0n) is 13.4. The molecule has 0 amide bonds. The SMILES string of the molecule is Cc1ccc(Cc2ccc(=O)[nH]n2)cc1Oc1cc(F)cc(C#N)c1. The van der Waals surface area contributed by atoms with Crippen LogP contribution in [-0.2, 0) is 6.42 Å². The third-order valence-electron chi connectivity index (χ3n) is 3.60. The molecule has 2 aromatic carbocycles. The van der Waals surface area contributed by atoms with Crippen LogP contribution >= 0.6 is 0 Å². The van der Waals surface area contributed by atoms with E-state index in [0.717, 1.165) is 17.2 Å². The molecular formula is C19H14FN3O2. The third-order valence-corrected chi connectivity index (χ3v) is 3.60. The van der Waals surface area contributed by atoms with Crippen molar-refractivity contribution in [3.8, 4) is 17.6 Å². The molecule has 124 valence electrons. The number of ether oxygens (including phenoxy) is 1. The Kier molecular flexibility index (Phi) is 4.57. The number of aromatic nitrogens is 2. The lowest BCUT2D eigenvalue weighted by atomic mass is 10.1. The highest BCUT2D eigenvalue weighted by molar-refractivity contribution is 5.43. The van der Waals surface area contributed by atoms with E-state index < -0.39 is 5.82 Å². The quantitative estimate of drug-likeness (QED) is 0.792. The van der Waals surface area contributed by atoms with Gasteiger partial charge in [0.15, 0.2) is 0 Å².